The molecule has 2 atom stereocenters. The highest BCUT2D eigenvalue weighted by Gasteiger charge is 2.25. The fourth-order valence-electron chi connectivity index (χ4n) is 3.75. The number of rotatable bonds is 6. The van der Waals surface area contributed by atoms with Gasteiger partial charge in [-0.2, -0.15) is 0 Å². The van der Waals surface area contributed by atoms with Crippen molar-refractivity contribution in [1.82, 2.24) is 4.90 Å². The molecule has 0 saturated heterocycles. The maximum absolute atomic E-state index is 5.40. The van der Waals surface area contributed by atoms with Crippen molar-refractivity contribution >= 4 is 23.7 Å². The van der Waals surface area contributed by atoms with Crippen LogP contribution >= 0.6 is 23.7 Å². The Morgan fingerprint density at radius 3 is 2.83 bits per heavy atom. The highest BCUT2D eigenvalue weighted by atomic mass is 35.5. The van der Waals surface area contributed by atoms with Crippen LogP contribution in [0.2, 0.25) is 0 Å². The van der Waals surface area contributed by atoms with E-state index in [1.54, 1.807) is 7.11 Å². The number of ether oxygens (including phenoxy) is 1. The van der Waals surface area contributed by atoms with Crippen LogP contribution in [-0.2, 0) is 12.8 Å². The maximum atomic E-state index is 5.40. The van der Waals surface area contributed by atoms with E-state index in [0.717, 1.165) is 31.2 Å². The molecule has 0 fully saturated rings. The van der Waals surface area contributed by atoms with Crippen LogP contribution in [0.15, 0.2) is 35.7 Å². The second-order valence-corrected chi connectivity index (χ2v) is 7.93. The van der Waals surface area contributed by atoms with Gasteiger partial charge in [-0.15, -0.1) is 23.7 Å². The van der Waals surface area contributed by atoms with Crippen molar-refractivity contribution < 1.29 is 4.74 Å². The zero-order chi connectivity index (χ0) is 16.2. The summed E-state index contributed by atoms with van der Waals surface area (Å²) in [6, 6.07) is 11.0. The molecule has 24 heavy (non-hydrogen) atoms. The van der Waals surface area contributed by atoms with E-state index in [9.17, 15) is 0 Å². The summed E-state index contributed by atoms with van der Waals surface area (Å²) < 4.78 is 5.40. The molecule has 1 aromatic carbocycles. The van der Waals surface area contributed by atoms with Gasteiger partial charge in [0.15, 0.2) is 0 Å². The first-order chi connectivity index (χ1) is 11.2. The van der Waals surface area contributed by atoms with Crippen LogP contribution in [0.3, 0.4) is 0 Å². The van der Waals surface area contributed by atoms with Crippen LogP contribution in [0.5, 0.6) is 5.75 Å². The van der Waals surface area contributed by atoms with Crippen molar-refractivity contribution in [2.24, 2.45) is 5.92 Å². The van der Waals surface area contributed by atoms with Crippen molar-refractivity contribution in [1.29, 1.82) is 0 Å². The predicted octanol–water partition coefficient (Wildman–Crippen LogP) is 5.02. The monoisotopic (exact) mass is 365 g/mol. The molecular weight excluding hydrogens is 338 g/mol. The van der Waals surface area contributed by atoms with Crippen LogP contribution in [0, 0.1) is 5.92 Å². The Hall–Kier alpha value is -1.03. The molecule has 0 N–H and O–H groups in total. The minimum atomic E-state index is 0. The number of hydrogen-bond donors (Lipinski definition) is 0. The molecule has 1 aliphatic rings. The van der Waals surface area contributed by atoms with Crippen LogP contribution in [0.25, 0.3) is 0 Å². The molecule has 0 amide bonds. The molecule has 0 spiro atoms. The molecule has 2 aromatic rings. The van der Waals surface area contributed by atoms with Crippen molar-refractivity contribution in [3.05, 3.63) is 51.7 Å². The van der Waals surface area contributed by atoms with Crippen LogP contribution in [0.1, 0.15) is 35.3 Å². The number of methoxy groups -OCH3 is 1. The number of fused-ring (bicyclic) bond motifs is 1. The van der Waals surface area contributed by atoms with Crippen LogP contribution in [0.4, 0.5) is 0 Å². The van der Waals surface area contributed by atoms with Gasteiger partial charge >= 0.3 is 0 Å². The first-order valence-electron chi connectivity index (χ1n) is 8.53. The summed E-state index contributed by atoms with van der Waals surface area (Å²) in [6.07, 6.45) is 3.64. The molecule has 0 saturated carbocycles. The van der Waals surface area contributed by atoms with Gasteiger partial charge in [0.1, 0.15) is 5.75 Å². The second kappa shape index (κ2) is 8.89. The summed E-state index contributed by atoms with van der Waals surface area (Å²) in [5, 5.41) is 2.17. The highest BCUT2D eigenvalue weighted by molar-refractivity contribution is 7.09. The summed E-state index contributed by atoms with van der Waals surface area (Å²) in [4.78, 5) is 3.98. The summed E-state index contributed by atoms with van der Waals surface area (Å²) in [5.74, 6) is 2.39. The molecule has 0 bridgehead atoms. The molecule has 4 heteroatoms. The van der Waals surface area contributed by atoms with Gasteiger partial charge in [-0.3, -0.25) is 0 Å². The summed E-state index contributed by atoms with van der Waals surface area (Å²) in [6.45, 7) is 4.66. The van der Waals surface area contributed by atoms with E-state index in [1.165, 1.54) is 28.8 Å². The van der Waals surface area contributed by atoms with Crippen molar-refractivity contribution in [3.63, 3.8) is 0 Å². The van der Waals surface area contributed by atoms with Gasteiger partial charge in [-0.25, -0.2) is 0 Å². The lowest BCUT2D eigenvalue weighted by Gasteiger charge is -2.33. The van der Waals surface area contributed by atoms with E-state index >= 15 is 0 Å². The first-order valence-corrected chi connectivity index (χ1v) is 9.41. The third-order valence-electron chi connectivity index (χ3n) is 4.90. The molecule has 2 nitrogen and oxygen atoms in total. The molecule has 1 aromatic heterocycles. The SMILES string of the molecule is COc1ccc2c(c1)CC(C)CC2CN(C)CCc1cccs1.Cl. The number of likely N-dealkylation sites (N-methyl/N-ethyl adjacent to an activating group) is 1. The highest BCUT2D eigenvalue weighted by Crippen LogP contribution is 2.36. The lowest BCUT2D eigenvalue weighted by atomic mass is 9.77. The Balaban J connectivity index is 0.00000208. The van der Waals surface area contributed by atoms with Crippen molar-refractivity contribution in [2.45, 2.75) is 32.1 Å². The molecular formula is C20H28ClNOS. The van der Waals surface area contributed by atoms with Gasteiger partial charge in [0.25, 0.3) is 0 Å². The average Bonchev–Trinajstić information content (AvgIpc) is 3.05. The molecule has 3 rings (SSSR count). The standard InChI is InChI=1S/C20H27NOS.ClH/c1-15-11-16-13-18(22-3)6-7-20(16)17(12-15)14-21(2)9-8-19-5-4-10-23-19;/h4-7,10,13,15,17H,8-9,11-12,14H2,1-3H3;1H. The normalized spacial score (nSPS) is 19.7. The Bertz CT molecular complexity index is 629. The minimum Gasteiger partial charge on any atom is -0.497 e. The predicted molar refractivity (Wildman–Crippen MR) is 106 cm³/mol. The van der Waals surface area contributed by atoms with Gasteiger partial charge in [0, 0.05) is 18.0 Å². The van der Waals surface area contributed by atoms with Crippen LogP contribution < -0.4 is 4.74 Å². The molecule has 1 aliphatic carbocycles. The molecule has 1 heterocycles. The van der Waals surface area contributed by atoms with Crippen LogP contribution in [-0.4, -0.2) is 32.1 Å². The fraction of sp³-hybridized carbons (Fsp3) is 0.500. The number of halogens is 1. The Labute approximate surface area is 156 Å². The fourth-order valence-corrected chi connectivity index (χ4v) is 4.45. The summed E-state index contributed by atoms with van der Waals surface area (Å²) >= 11 is 1.86. The van der Waals surface area contributed by atoms with E-state index in [2.05, 4.69) is 54.6 Å². The quantitative estimate of drug-likeness (QED) is 0.712. The molecule has 0 radical (unpaired) electrons. The molecule has 2 unspecified atom stereocenters. The van der Waals surface area contributed by atoms with E-state index in [1.807, 2.05) is 11.3 Å². The van der Waals surface area contributed by atoms with E-state index in [-0.39, 0.29) is 12.4 Å². The van der Waals surface area contributed by atoms with Gasteiger partial charge in [0.2, 0.25) is 0 Å². The van der Waals surface area contributed by atoms with Crippen molar-refractivity contribution in [3.8, 4) is 5.75 Å². The zero-order valence-electron chi connectivity index (χ0n) is 14.8. The lowest BCUT2D eigenvalue weighted by Crippen LogP contribution is -2.30. The summed E-state index contributed by atoms with van der Waals surface area (Å²) in [5.41, 5.74) is 3.02. The van der Waals surface area contributed by atoms with Gasteiger partial charge in [-0.1, -0.05) is 19.1 Å². The number of thiophene rings is 1. The van der Waals surface area contributed by atoms with E-state index in [4.69, 9.17) is 4.74 Å². The number of benzene rings is 1. The lowest BCUT2D eigenvalue weighted by molar-refractivity contribution is 0.284. The molecule has 132 valence electrons. The largest absolute Gasteiger partial charge is 0.497 e. The zero-order valence-corrected chi connectivity index (χ0v) is 16.5. The van der Waals surface area contributed by atoms with E-state index in [0.29, 0.717) is 5.92 Å². The second-order valence-electron chi connectivity index (χ2n) is 6.90. The summed E-state index contributed by atoms with van der Waals surface area (Å²) in [7, 11) is 4.01. The maximum Gasteiger partial charge on any atom is 0.119 e. The van der Waals surface area contributed by atoms with Crippen molar-refractivity contribution in [2.75, 3.05) is 27.2 Å². The number of hydrogen-bond acceptors (Lipinski definition) is 3. The van der Waals surface area contributed by atoms with Gasteiger partial charge < -0.3 is 9.64 Å². The number of nitrogens with zero attached hydrogens (tertiary/aromatic N) is 1. The first kappa shape index (κ1) is 19.3. The van der Waals surface area contributed by atoms with Gasteiger partial charge in [-0.05, 0) is 72.9 Å². The minimum absolute atomic E-state index is 0. The Morgan fingerprint density at radius 1 is 1.29 bits per heavy atom. The van der Waals surface area contributed by atoms with E-state index < -0.39 is 0 Å². The Morgan fingerprint density at radius 2 is 2.12 bits per heavy atom. The third-order valence-corrected chi connectivity index (χ3v) is 5.83. The topological polar surface area (TPSA) is 12.5 Å². The third kappa shape index (κ3) is 4.75. The smallest absolute Gasteiger partial charge is 0.119 e. The molecule has 0 aliphatic heterocycles. The Kier molecular flexibility index (Phi) is 7.15. The average molecular weight is 366 g/mol. The van der Waals surface area contributed by atoms with Gasteiger partial charge in [0.05, 0.1) is 7.11 Å².